The van der Waals surface area contributed by atoms with Crippen LogP contribution < -0.4 is 10.1 Å². The monoisotopic (exact) mass is 357 g/mol. The molecular formula is C19H19NO6. The summed E-state index contributed by atoms with van der Waals surface area (Å²) < 4.78 is 4.99. The van der Waals surface area contributed by atoms with Crippen molar-refractivity contribution in [3.05, 3.63) is 66.2 Å². The second kappa shape index (κ2) is 9.22. The molecule has 136 valence electrons. The molecule has 0 aliphatic carbocycles. The molecule has 7 heteroatoms. The fourth-order valence-corrected chi connectivity index (χ4v) is 2.44. The number of hydrogen-bond donors (Lipinski definition) is 3. The molecule has 26 heavy (non-hydrogen) atoms. The second-order valence-corrected chi connectivity index (χ2v) is 5.70. The Morgan fingerprint density at radius 2 is 1.46 bits per heavy atom. The van der Waals surface area contributed by atoms with Crippen molar-refractivity contribution < 1.29 is 29.3 Å². The number of carboxylic acid groups (broad SMARTS) is 2. The lowest BCUT2D eigenvalue weighted by Crippen LogP contribution is -2.44. The van der Waals surface area contributed by atoms with Crippen LogP contribution in [0.1, 0.15) is 12.0 Å². The van der Waals surface area contributed by atoms with E-state index in [1.807, 2.05) is 0 Å². The van der Waals surface area contributed by atoms with Crippen LogP contribution in [0.25, 0.3) is 0 Å². The summed E-state index contributed by atoms with van der Waals surface area (Å²) in [6, 6.07) is 15.7. The maximum atomic E-state index is 11.9. The van der Waals surface area contributed by atoms with Crippen molar-refractivity contribution in [3.63, 3.8) is 0 Å². The molecule has 3 N–H and O–H groups in total. The van der Waals surface area contributed by atoms with Gasteiger partial charge in [-0.15, -0.1) is 0 Å². The molecule has 2 aromatic carbocycles. The molecule has 0 saturated heterocycles. The lowest BCUT2D eigenvalue weighted by molar-refractivity contribution is -0.144. The van der Waals surface area contributed by atoms with Gasteiger partial charge in [0.1, 0.15) is 11.8 Å². The van der Waals surface area contributed by atoms with Crippen molar-refractivity contribution in [1.82, 2.24) is 5.32 Å². The van der Waals surface area contributed by atoms with Gasteiger partial charge in [0.2, 0.25) is 0 Å². The molecule has 2 atom stereocenters. The number of hydrogen-bond acceptors (Lipinski definition) is 4. The summed E-state index contributed by atoms with van der Waals surface area (Å²) in [6.07, 6.45) is -1.05. The van der Waals surface area contributed by atoms with Gasteiger partial charge in [-0.3, -0.25) is 4.79 Å². The van der Waals surface area contributed by atoms with E-state index in [1.54, 1.807) is 60.7 Å². The highest BCUT2D eigenvalue weighted by Crippen LogP contribution is 2.16. The van der Waals surface area contributed by atoms with Crippen molar-refractivity contribution in [2.24, 2.45) is 5.92 Å². The normalized spacial score (nSPS) is 12.6. The average Bonchev–Trinajstić information content (AvgIpc) is 2.62. The van der Waals surface area contributed by atoms with Gasteiger partial charge in [-0.05, 0) is 30.5 Å². The number of ether oxygens (including phenoxy) is 1. The molecule has 0 radical (unpaired) electrons. The van der Waals surface area contributed by atoms with Gasteiger partial charge < -0.3 is 20.3 Å². The molecule has 2 rings (SSSR count). The first-order valence-corrected chi connectivity index (χ1v) is 7.98. The molecule has 0 aliphatic rings. The molecule has 0 heterocycles. The van der Waals surface area contributed by atoms with E-state index in [-0.39, 0.29) is 18.6 Å². The number of rotatable bonds is 8. The number of amides is 1. The zero-order valence-corrected chi connectivity index (χ0v) is 13.9. The second-order valence-electron chi connectivity index (χ2n) is 5.70. The van der Waals surface area contributed by atoms with Gasteiger partial charge in [0.15, 0.2) is 0 Å². The van der Waals surface area contributed by atoms with E-state index in [1.165, 1.54) is 0 Å². The summed E-state index contributed by atoms with van der Waals surface area (Å²) in [5.74, 6) is -3.16. The third kappa shape index (κ3) is 5.94. The minimum atomic E-state index is -1.38. The lowest BCUT2D eigenvalue weighted by Gasteiger charge is -2.19. The third-order valence-corrected chi connectivity index (χ3v) is 3.74. The molecule has 0 bridgehead atoms. The average molecular weight is 357 g/mol. The summed E-state index contributed by atoms with van der Waals surface area (Å²) in [6.45, 7) is 0. The number of carbonyl (C=O) groups is 3. The quantitative estimate of drug-likeness (QED) is 0.669. The number of nitrogens with one attached hydrogen (secondary N) is 1. The van der Waals surface area contributed by atoms with Crippen molar-refractivity contribution in [2.75, 3.05) is 0 Å². The van der Waals surface area contributed by atoms with Gasteiger partial charge in [0.25, 0.3) is 0 Å². The van der Waals surface area contributed by atoms with E-state index in [0.29, 0.717) is 0 Å². The predicted octanol–water partition coefficient (Wildman–Crippen LogP) is 2.56. The minimum absolute atomic E-state index is 0.162. The lowest BCUT2D eigenvalue weighted by atomic mass is 9.93. The van der Waals surface area contributed by atoms with Crippen LogP contribution in [-0.2, 0) is 16.0 Å². The van der Waals surface area contributed by atoms with E-state index in [9.17, 15) is 24.6 Å². The Labute approximate surface area is 150 Å². The molecule has 7 nitrogen and oxygen atoms in total. The highest BCUT2D eigenvalue weighted by Gasteiger charge is 2.29. The van der Waals surface area contributed by atoms with Crippen molar-refractivity contribution >= 4 is 18.0 Å². The molecule has 0 saturated carbocycles. The summed E-state index contributed by atoms with van der Waals surface area (Å²) in [5.41, 5.74) is 0.774. The Morgan fingerprint density at radius 1 is 0.885 bits per heavy atom. The number of carboxylic acids is 2. The summed E-state index contributed by atoms with van der Waals surface area (Å²) in [5, 5.41) is 20.9. The maximum Gasteiger partial charge on any atom is 0.413 e. The minimum Gasteiger partial charge on any atom is -0.481 e. The topological polar surface area (TPSA) is 113 Å². The zero-order chi connectivity index (χ0) is 18.9. The molecule has 1 amide bonds. The molecule has 0 fully saturated rings. The van der Waals surface area contributed by atoms with Crippen LogP contribution in [0.4, 0.5) is 4.79 Å². The van der Waals surface area contributed by atoms with Crippen LogP contribution in [0.5, 0.6) is 5.75 Å². The van der Waals surface area contributed by atoms with Crippen LogP contribution >= 0.6 is 0 Å². The van der Waals surface area contributed by atoms with Gasteiger partial charge >= 0.3 is 18.0 Å². The van der Waals surface area contributed by atoms with E-state index < -0.39 is 30.0 Å². The molecule has 0 spiro atoms. The largest absolute Gasteiger partial charge is 0.481 e. The van der Waals surface area contributed by atoms with Crippen molar-refractivity contribution in [3.8, 4) is 5.75 Å². The van der Waals surface area contributed by atoms with Crippen molar-refractivity contribution in [2.45, 2.75) is 18.9 Å². The van der Waals surface area contributed by atoms with Crippen LogP contribution in [0.2, 0.25) is 0 Å². The molecule has 0 aliphatic heterocycles. The van der Waals surface area contributed by atoms with Crippen LogP contribution in [0.3, 0.4) is 0 Å². The highest BCUT2D eigenvalue weighted by atomic mass is 16.6. The molecule has 1 unspecified atom stereocenters. The summed E-state index contributed by atoms with van der Waals surface area (Å²) >= 11 is 0. The van der Waals surface area contributed by atoms with E-state index in [2.05, 4.69) is 5.32 Å². The fourth-order valence-electron chi connectivity index (χ4n) is 2.44. The standard InChI is InChI=1S/C19H19NO6/c21-17(22)14(11-13-7-3-1-4-8-13)12-16(18(23)24)20-19(25)26-15-9-5-2-6-10-15/h1-10,14,16H,11-12H2,(H,20,25)(H,21,22)(H,23,24)/t14?,16-/m0/s1. The summed E-state index contributed by atoms with van der Waals surface area (Å²) in [4.78, 5) is 34.8. The molecule has 0 aromatic heterocycles. The number of aliphatic carboxylic acids is 2. The maximum absolute atomic E-state index is 11.9. The Bertz CT molecular complexity index is 747. The Balaban J connectivity index is 2.01. The highest BCUT2D eigenvalue weighted by molar-refractivity contribution is 5.81. The van der Waals surface area contributed by atoms with Gasteiger partial charge in [-0.2, -0.15) is 0 Å². The Hall–Kier alpha value is -3.35. The first-order chi connectivity index (χ1) is 12.5. The first kappa shape index (κ1) is 19.0. The number of benzene rings is 2. The van der Waals surface area contributed by atoms with Crippen LogP contribution in [-0.4, -0.2) is 34.3 Å². The zero-order valence-electron chi connectivity index (χ0n) is 13.9. The first-order valence-electron chi connectivity index (χ1n) is 7.98. The van der Waals surface area contributed by atoms with Crippen LogP contribution in [0, 0.1) is 5.92 Å². The Kier molecular flexibility index (Phi) is 6.73. The van der Waals surface area contributed by atoms with Crippen LogP contribution in [0.15, 0.2) is 60.7 Å². The van der Waals surface area contributed by atoms with E-state index in [0.717, 1.165) is 5.56 Å². The fraction of sp³-hybridized carbons (Fsp3) is 0.211. The Morgan fingerprint density at radius 3 is 2.00 bits per heavy atom. The third-order valence-electron chi connectivity index (χ3n) is 3.74. The number of carbonyl (C=O) groups excluding carboxylic acids is 1. The van der Waals surface area contributed by atoms with E-state index >= 15 is 0 Å². The number of para-hydroxylation sites is 1. The van der Waals surface area contributed by atoms with Crippen molar-refractivity contribution in [1.29, 1.82) is 0 Å². The summed E-state index contributed by atoms with van der Waals surface area (Å²) in [7, 11) is 0. The smallest absolute Gasteiger partial charge is 0.413 e. The SMILES string of the molecule is O=C(N[C@@H](CC(Cc1ccccc1)C(=O)O)C(=O)O)Oc1ccccc1. The predicted molar refractivity (Wildman–Crippen MR) is 92.9 cm³/mol. The van der Waals surface area contributed by atoms with E-state index in [4.69, 9.17) is 4.74 Å². The van der Waals surface area contributed by atoms with Gasteiger partial charge in [-0.25, -0.2) is 9.59 Å². The molecule has 2 aromatic rings. The van der Waals surface area contributed by atoms with Gasteiger partial charge in [0.05, 0.1) is 5.92 Å². The van der Waals surface area contributed by atoms with Gasteiger partial charge in [0, 0.05) is 0 Å². The van der Waals surface area contributed by atoms with Gasteiger partial charge in [-0.1, -0.05) is 48.5 Å². The molecular weight excluding hydrogens is 338 g/mol.